The molecule has 0 spiro atoms. The van der Waals surface area contributed by atoms with Crippen LogP contribution in [0.25, 0.3) is 6.08 Å². The van der Waals surface area contributed by atoms with Gasteiger partial charge in [-0.05, 0) is 13.8 Å². The molecule has 0 saturated carbocycles. The Morgan fingerprint density at radius 1 is 1.30 bits per heavy atom. The van der Waals surface area contributed by atoms with Crippen molar-refractivity contribution in [3.05, 3.63) is 29.9 Å². The van der Waals surface area contributed by atoms with Gasteiger partial charge < -0.3 is 0 Å². The Balaban J connectivity index is 2.89. The molecule has 10 heavy (non-hydrogen) atoms. The Morgan fingerprint density at radius 3 is 2.40 bits per heavy atom. The van der Waals surface area contributed by atoms with Crippen LogP contribution in [0.2, 0.25) is 0 Å². The molecule has 0 unspecified atom stereocenters. The van der Waals surface area contributed by atoms with E-state index in [4.69, 9.17) is 0 Å². The van der Waals surface area contributed by atoms with Crippen LogP contribution in [0.4, 0.5) is 0 Å². The molecule has 0 aliphatic heterocycles. The molecule has 0 aliphatic carbocycles. The average Bonchev–Trinajstić information content (AvgIpc) is 1.95. The predicted molar refractivity (Wildman–Crippen MR) is 41.5 cm³/mol. The SMILES string of the molecule is CC=Cc1cnc(C)nc1. The molecule has 1 aromatic rings. The smallest absolute Gasteiger partial charge is 0.125 e. The van der Waals surface area contributed by atoms with Gasteiger partial charge in [0.2, 0.25) is 0 Å². The van der Waals surface area contributed by atoms with Crippen LogP contribution in [0.3, 0.4) is 0 Å². The summed E-state index contributed by atoms with van der Waals surface area (Å²) in [5.74, 6) is 0.813. The Labute approximate surface area is 60.6 Å². The highest BCUT2D eigenvalue weighted by molar-refractivity contribution is 5.45. The lowest BCUT2D eigenvalue weighted by molar-refractivity contribution is 1.05. The molecule has 0 N–H and O–H groups in total. The third-order valence-corrected chi connectivity index (χ3v) is 1.16. The van der Waals surface area contributed by atoms with Crippen LogP contribution in [-0.4, -0.2) is 9.97 Å². The molecular weight excluding hydrogens is 124 g/mol. The summed E-state index contributed by atoms with van der Waals surface area (Å²) < 4.78 is 0. The largest absolute Gasteiger partial charge is 0.241 e. The van der Waals surface area contributed by atoms with Crippen molar-refractivity contribution in [2.45, 2.75) is 13.8 Å². The van der Waals surface area contributed by atoms with E-state index in [0.29, 0.717) is 0 Å². The maximum Gasteiger partial charge on any atom is 0.125 e. The zero-order valence-electron chi connectivity index (χ0n) is 6.20. The van der Waals surface area contributed by atoms with Gasteiger partial charge in [0, 0.05) is 18.0 Å². The molecule has 1 heterocycles. The average molecular weight is 134 g/mol. The minimum absolute atomic E-state index is 0.813. The molecule has 0 fully saturated rings. The first kappa shape index (κ1) is 6.93. The Kier molecular flexibility index (Phi) is 2.15. The topological polar surface area (TPSA) is 25.8 Å². The van der Waals surface area contributed by atoms with Gasteiger partial charge >= 0.3 is 0 Å². The molecule has 2 nitrogen and oxygen atoms in total. The zero-order chi connectivity index (χ0) is 7.40. The first-order valence-electron chi connectivity index (χ1n) is 3.24. The van der Waals surface area contributed by atoms with Crippen LogP contribution >= 0.6 is 0 Å². The molecule has 52 valence electrons. The molecule has 2 heteroatoms. The second-order valence-corrected chi connectivity index (χ2v) is 2.06. The van der Waals surface area contributed by atoms with Gasteiger partial charge in [-0.3, -0.25) is 0 Å². The van der Waals surface area contributed by atoms with Crippen molar-refractivity contribution in [3.8, 4) is 0 Å². The fourth-order valence-electron chi connectivity index (χ4n) is 0.681. The van der Waals surface area contributed by atoms with Crippen LogP contribution in [0.15, 0.2) is 18.5 Å². The monoisotopic (exact) mass is 134 g/mol. The van der Waals surface area contributed by atoms with E-state index in [-0.39, 0.29) is 0 Å². The molecule has 0 bridgehead atoms. The van der Waals surface area contributed by atoms with Crippen LogP contribution < -0.4 is 0 Å². The van der Waals surface area contributed by atoms with Crippen LogP contribution in [0.1, 0.15) is 18.3 Å². The van der Waals surface area contributed by atoms with Crippen LogP contribution in [0.5, 0.6) is 0 Å². The third-order valence-electron chi connectivity index (χ3n) is 1.16. The van der Waals surface area contributed by atoms with E-state index in [0.717, 1.165) is 11.4 Å². The van der Waals surface area contributed by atoms with Gasteiger partial charge in [0.05, 0.1) is 0 Å². The highest BCUT2D eigenvalue weighted by Gasteiger charge is 1.85. The molecule has 0 atom stereocenters. The molecule has 0 radical (unpaired) electrons. The van der Waals surface area contributed by atoms with Gasteiger partial charge in [-0.2, -0.15) is 0 Å². The Morgan fingerprint density at radius 2 is 1.90 bits per heavy atom. The number of aryl methyl sites for hydroxylation is 1. The quantitative estimate of drug-likeness (QED) is 0.585. The highest BCUT2D eigenvalue weighted by Crippen LogP contribution is 1.96. The second-order valence-electron chi connectivity index (χ2n) is 2.06. The van der Waals surface area contributed by atoms with E-state index in [1.165, 1.54) is 0 Å². The Bertz CT molecular complexity index is 224. The van der Waals surface area contributed by atoms with Gasteiger partial charge in [-0.1, -0.05) is 12.2 Å². The number of hydrogen-bond donors (Lipinski definition) is 0. The van der Waals surface area contributed by atoms with Crippen LogP contribution in [0, 0.1) is 6.92 Å². The first-order valence-corrected chi connectivity index (χ1v) is 3.24. The zero-order valence-corrected chi connectivity index (χ0v) is 6.20. The summed E-state index contributed by atoms with van der Waals surface area (Å²) in [5, 5.41) is 0. The summed E-state index contributed by atoms with van der Waals surface area (Å²) >= 11 is 0. The van der Waals surface area contributed by atoms with Gasteiger partial charge in [0.25, 0.3) is 0 Å². The second kappa shape index (κ2) is 3.11. The number of hydrogen-bond acceptors (Lipinski definition) is 2. The number of allylic oxidation sites excluding steroid dienone is 1. The summed E-state index contributed by atoms with van der Waals surface area (Å²) in [6.45, 7) is 3.85. The van der Waals surface area contributed by atoms with E-state index in [9.17, 15) is 0 Å². The summed E-state index contributed by atoms with van der Waals surface area (Å²) in [5.41, 5.74) is 1.05. The van der Waals surface area contributed by atoms with Crippen molar-refractivity contribution in [3.63, 3.8) is 0 Å². The van der Waals surface area contributed by atoms with E-state index in [1.807, 2.05) is 38.4 Å². The lowest BCUT2D eigenvalue weighted by Crippen LogP contribution is -1.85. The highest BCUT2D eigenvalue weighted by atomic mass is 14.8. The maximum atomic E-state index is 4.04. The fraction of sp³-hybridized carbons (Fsp3) is 0.250. The predicted octanol–water partition coefficient (Wildman–Crippen LogP) is 1.82. The maximum absolute atomic E-state index is 4.04. The molecule has 1 aromatic heterocycles. The number of nitrogens with zero attached hydrogens (tertiary/aromatic N) is 2. The first-order chi connectivity index (χ1) is 4.83. The summed E-state index contributed by atoms with van der Waals surface area (Å²) in [6, 6.07) is 0. The van der Waals surface area contributed by atoms with Crippen molar-refractivity contribution in [2.24, 2.45) is 0 Å². The van der Waals surface area contributed by atoms with Crippen molar-refractivity contribution in [1.29, 1.82) is 0 Å². The lowest BCUT2D eigenvalue weighted by atomic mass is 10.3. The molecule has 0 aromatic carbocycles. The normalized spacial score (nSPS) is 10.6. The minimum Gasteiger partial charge on any atom is -0.241 e. The molecule has 0 amide bonds. The van der Waals surface area contributed by atoms with Crippen LogP contribution in [-0.2, 0) is 0 Å². The molecule has 0 aliphatic rings. The van der Waals surface area contributed by atoms with Gasteiger partial charge in [-0.15, -0.1) is 0 Å². The van der Waals surface area contributed by atoms with Gasteiger partial charge in [-0.25, -0.2) is 9.97 Å². The third kappa shape index (κ3) is 1.65. The summed E-state index contributed by atoms with van der Waals surface area (Å²) in [4.78, 5) is 8.07. The standard InChI is InChI=1S/C8H10N2/c1-3-4-8-5-9-7(2)10-6-8/h3-6H,1-2H3. The van der Waals surface area contributed by atoms with Crippen molar-refractivity contribution < 1.29 is 0 Å². The van der Waals surface area contributed by atoms with E-state index < -0.39 is 0 Å². The molecular formula is C8H10N2. The molecule has 0 saturated heterocycles. The number of rotatable bonds is 1. The van der Waals surface area contributed by atoms with Gasteiger partial charge in [0.15, 0.2) is 0 Å². The molecule has 1 rings (SSSR count). The van der Waals surface area contributed by atoms with Crippen molar-refractivity contribution in [1.82, 2.24) is 9.97 Å². The minimum atomic E-state index is 0.813. The van der Waals surface area contributed by atoms with E-state index in [1.54, 1.807) is 0 Å². The summed E-state index contributed by atoms with van der Waals surface area (Å²) in [6.07, 6.45) is 7.55. The number of aromatic nitrogens is 2. The van der Waals surface area contributed by atoms with E-state index in [2.05, 4.69) is 9.97 Å². The lowest BCUT2D eigenvalue weighted by Gasteiger charge is -1.90. The fourth-order valence-corrected chi connectivity index (χ4v) is 0.681. The Hall–Kier alpha value is -1.18. The van der Waals surface area contributed by atoms with Crippen molar-refractivity contribution in [2.75, 3.05) is 0 Å². The van der Waals surface area contributed by atoms with Gasteiger partial charge in [0.1, 0.15) is 5.82 Å². The van der Waals surface area contributed by atoms with Crippen molar-refractivity contribution >= 4 is 6.08 Å². The summed E-state index contributed by atoms with van der Waals surface area (Å²) in [7, 11) is 0. The van der Waals surface area contributed by atoms with E-state index >= 15 is 0 Å².